The molecule has 1 unspecified atom stereocenters. The summed E-state index contributed by atoms with van der Waals surface area (Å²) in [6, 6.07) is 6.64. The van der Waals surface area contributed by atoms with Gasteiger partial charge in [0.25, 0.3) is 5.91 Å². The third-order valence-corrected chi connectivity index (χ3v) is 4.36. The minimum absolute atomic E-state index is 0.144. The van der Waals surface area contributed by atoms with Crippen LogP contribution < -0.4 is 15.6 Å². The first kappa shape index (κ1) is 18.7. The highest BCUT2D eigenvalue weighted by Gasteiger charge is 2.25. The van der Waals surface area contributed by atoms with Gasteiger partial charge in [0.1, 0.15) is 5.75 Å². The molecule has 3 rings (SSSR count). The fraction of sp³-hybridized carbons (Fsp3) is 0.350. The SMILES string of the molecule is CC(C)Cc1cc(C(=O)NC(C(=O)O)c2ccc3c(c2)CCO3)cc(=O)[nH]1. The number of carboxylic acid groups (broad SMARTS) is 1. The van der Waals surface area contributed by atoms with E-state index in [0.29, 0.717) is 36.6 Å². The number of hydrogen-bond acceptors (Lipinski definition) is 4. The Bertz CT molecular complexity index is 932. The number of carbonyl (C=O) groups is 2. The minimum atomic E-state index is -1.21. The number of pyridine rings is 1. The topological polar surface area (TPSA) is 108 Å². The third kappa shape index (κ3) is 4.36. The van der Waals surface area contributed by atoms with Crippen LogP contribution in [-0.4, -0.2) is 28.6 Å². The molecule has 0 radical (unpaired) electrons. The first-order valence-electron chi connectivity index (χ1n) is 8.86. The van der Waals surface area contributed by atoms with Crippen molar-refractivity contribution in [2.45, 2.75) is 32.7 Å². The normalized spacial score (nSPS) is 13.7. The smallest absolute Gasteiger partial charge is 0.330 e. The fourth-order valence-corrected chi connectivity index (χ4v) is 3.17. The van der Waals surface area contributed by atoms with Crippen LogP contribution in [0.25, 0.3) is 0 Å². The summed E-state index contributed by atoms with van der Waals surface area (Å²) in [5.41, 5.74) is 1.78. The molecule has 1 atom stereocenters. The number of ether oxygens (including phenoxy) is 1. The molecule has 2 aromatic rings. The van der Waals surface area contributed by atoms with Gasteiger partial charge in [0.05, 0.1) is 6.61 Å². The number of nitrogens with one attached hydrogen (secondary N) is 2. The average Bonchev–Trinajstić information content (AvgIpc) is 3.05. The van der Waals surface area contributed by atoms with Gasteiger partial charge in [-0.05, 0) is 41.7 Å². The van der Waals surface area contributed by atoms with Gasteiger partial charge in [-0.25, -0.2) is 4.79 Å². The molecule has 1 aromatic carbocycles. The Morgan fingerprint density at radius 1 is 1.26 bits per heavy atom. The molecule has 3 N–H and O–H groups in total. The van der Waals surface area contributed by atoms with Crippen molar-refractivity contribution < 1.29 is 19.4 Å². The second kappa shape index (κ2) is 7.65. The summed E-state index contributed by atoms with van der Waals surface area (Å²) in [7, 11) is 0. The molecule has 7 nitrogen and oxygen atoms in total. The Morgan fingerprint density at radius 2 is 2.04 bits per heavy atom. The maximum absolute atomic E-state index is 12.6. The second-order valence-corrected chi connectivity index (χ2v) is 7.07. The van der Waals surface area contributed by atoms with Gasteiger partial charge in [-0.2, -0.15) is 0 Å². The van der Waals surface area contributed by atoms with Gasteiger partial charge in [0.15, 0.2) is 6.04 Å². The largest absolute Gasteiger partial charge is 0.493 e. The van der Waals surface area contributed by atoms with Crippen molar-refractivity contribution in [3.8, 4) is 5.75 Å². The van der Waals surface area contributed by atoms with E-state index in [2.05, 4.69) is 10.3 Å². The fourth-order valence-electron chi connectivity index (χ4n) is 3.17. The molecule has 1 amide bonds. The number of amides is 1. The van der Waals surface area contributed by atoms with Crippen molar-refractivity contribution in [2.24, 2.45) is 5.92 Å². The number of aromatic amines is 1. The first-order valence-corrected chi connectivity index (χ1v) is 8.86. The average molecular weight is 370 g/mol. The summed E-state index contributed by atoms with van der Waals surface area (Å²) in [6.07, 6.45) is 1.32. The van der Waals surface area contributed by atoms with Crippen LogP contribution in [0, 0.1) is 5.92 Å². The van der Waals surface area contributed by atoms with E-state index in [-0.39, 0.29) is 11.1 Å². The number of rotatable bonds is 6. The first-order chi connectivity index (χ1) is 12.8. The van der Waals surface area contributed by atoms with Crippen LogP contribution in [0.3, 0.4) is 0 Å². The summed E-state index contributed by atoms with van der Waals surface area (Å²) >= 11 is 0. The maximum Gasteiger partial charge on any atom is 0.330 e. The third-order valence-electron chi connectivity index (χ3n) is 4.36. The Labute approximate surface area is 156 Å². The maximum atomic E-state index is 12.6. The lowest BCUT2D eigenvalue weighted by atomic mass is 10.0. The van der Waals surface area contributed by atoms with Crippen LogP contribution in [0.1, 0.15) is 47.1 Å². The highest BCUT2D eigenvalue weighted by molar-refractivity contribution is 5.96. The Morgan fingerprint density at radius 3 is 2.74 bits per heavy atom. The number of aromatic nitrogens is 1. The van der Waals surface area contributed by atoms with E-state index < -0.39 is 17.9 Å². The number of carboxylic acids is 1. The van der Waals surface area contributed by atoms with E-state index in [9.17, 15) is 19.5 Å². The Kier molecular flexibility index (Phi) is 5.30. The molecule has 1 aliphatic heterocycles. The molecule has 0 saturated carbocycles. The van der Waals surface area contributed by atoms with Crippen LogP contribution in [0.2, 0.25) is 0 Å². The lowest BCUT2D eigenvalue weighted by molar-refractivity contribution is -0.139. The highest BCUT2D eigenvalue weighted by Crippen LogP contribution is 2.28. The summed E-state index contributed by atoms with van der Waals surface area (Å²) < 4.78 is 5.43. The zero-order valence-corrected chi connectivity index (χ0v) is 15.2. The molecule has 0 spiro atoms. The molecule has 7 heteroatoms. The van der Waals surface area contributed by atoms with Crippen LogP contribution in [0.15, 0.2) is 35.1 Å². The minimum Gasteiger partial charge on any atom is -0.493 e. The van der Waals surface area contributed by atoms with E-state index >= 15 is 0 Å². The van der Waals surface area contributed by atoms with Crippen LogP contribution in [-0.2, 0) is 17.6 Å². The molecule has 0 fully saturated rings. The van der Waals surface area contributed by atoms with Crippen LogP contribution in [0.4, 0.5) is 0 Å². The van der Waals surface area contributed by atoms with Gasteiger partial charge in [-0.1, -0.05) is 19.9 Å². The van der Waals surface area contributed by atoms with Gasteiger partial charge in [0.2, 0.25) is 5.56 Å². The molecule has 2 heterocycles. The zero-order valence-electron chi connectivity index (χ0n) is 15.2. The van der Waals surface area contributed by atoms with Crippen molar-refractivity contribution in [3.05, 3.63) is 63.1 Å². The van der Waals surface area contributed by atoms with Crippen molar-refractivity contribution in [2.75, 3.05) is 6.61 Å². The Hall–Kier alpha value is -3.09. The Balaban J connectivity index is 1.85. The number of H-pyrrole nitrogens is 1. The van der Waals surface area contributed by atoms with Crippen LogP contribution >= 0.6 is 0 Å². The molecule has 0 bridgehead atoms. The van der Waals surface area contributed by atoms with E-state index in [0.717, 1.165) is 11.3 Å². The standard InChI is InChI=1S/C20H22N2O5/c1-11(2)7-15-9-14(10-17(23)21-15)19(24)22-18(20(25)26)13-3-4-16-12(8-13)5-6-27-16/h3-4,8-11,18H,5-7H2,1-2H3,(H,21,23)(H,22,24)(H,25,26). The van der Waals surface area contributed by atoms with Gasteiger partial charge >= 0.3 is 5.97 Å². The van der Waals surface area contributed by atoms with Gasteiger partial charge < -0.3 is 20.1 Å². The van der Waals surface area contributed by atoms with Crippen molar-refractivity contribution in [1.29, 1.82) is 0 Å². The monoisotopic (exact) mass is 370 g/mol. The quantitative estimate of drug-likeness (QED) is 0.721. The molecule has 27 heavy (non-hydrogen) atoms. The zero-order chi connectivity index (χ0) is 19.6. The molecule has 1 aromatic heterocycles. The van der Waals surface area contributed by atoms with E-state index in [1.807, 2.05) is 13.8 Å². The summed E-state index contributed by atoms with van der Waals surface area (Å²) in [6.45, 7) is 4.57. The molecule has 0 saturated heterocycles. The summed E-state index contributed by atoms with van der Waals surface area (Å²) in [5, 5.41) is 12.1. The van der Waals surface area contributed by atoms with E-state index in [1.165, 1.54) is 6.07 Å². The molecule has 1 aliphatic rings. The molecular formula is C20H22N2O5. The molecule has 0 aliphatic carbocycles. The lowest BCUT2D eigenvalue weighted by Gasteiger charge is -2.16. The molecular weight excluding hydrogens is 348 g/mol. The number of carbonyl (C=O) groups excluding carboxylic acids is 1. The predicted octanol–water partition coefficient (Wildman–Crippen LogP) is 2.06. The van der Waals surface area contributed by atoms with Crippen LogP contribution in [0.5, 0.6) is 5.75 Å². The summed E-state index contributed by atoms with van der Waals surface area (Å²) in [4.78, 5) is 38.9. The van der Waals surface area contributed by atoms with Gasteiger partial charge in [-0.3, -0.25) is 9.59 Å². The van der Waals surface area contributed by atoms with E-state index in [4.69, 9.17) is 4.74 Å². The van der Waals surface area contributed by atoms with Crippen molar-refractivity contribution in [3.63, 3.8) is 0 Å². The number of fused-ring (bicyclic) bond motifs is 1. The number of aliphatic carboxylic acids is 1. The van der Waals surface area contributed by atoms with E-state index in [1.54, 1.807) is 24.3 Å². The molecule has 142 valence electrons. The lowest BCUT2D eigenvalue weighted by Crippen LogP contribution is -2.34. The number of benzene rings is 1. The second-order valence-electron chi connectivity index (χ2n) is 7.07. The number of hydrogen-bond donors (Lipinski definition) is 3. The predicted molar refractivity (Wildman–Crippen MR) is 99.1 cm³/mol. The van der Waals surface area contributed by atoms with Gasteiger partial charge in [0, 0.05) is 23.7 Å². The highest BCUT2D eigenvalue weighted by atomic mass is 16.5. The van der Waals surface area contributed by atoms with Crippen molar-refractivity contribution >= 4 is 11.9 Å². The summed E-state index contributed by atoms with van der Waals surface area (Å²) in [5.74, 6) is -0.730. The van der Waals surface area contributed by atoms with Gasteiger partial charge in [-0.15, -0.1) is 0 Å². The van der Waals surface area contributed by atoms with Crippen molar-refractivity contribution in [1.82, 2.24) is 10.3 Å².